The van der Waals surface area contributed by atoms with Crippen LogP contribution in [0.1, 0.15) is 64.5 Å². The minimum absolute atomic E-state index is 0.00966. The number of anilines is 1. The molecule has 1 aliphatic heterocycles. The van der Waals surface area contributed by atoms with Crippen LogP contribution in [0.2, 0.25) is 0 Å². The molecule has 7 atom stereocenters. The molecule has 0 spiro atoms. The van der Waals surface area contributed by atoms with Crippen LogP contribution in [0.15, 0.2) is 30.2 Å². The largest absolute Gasteiger partial charge is 0.433 e. The summed E-state index contributed by atoms with van der Waals surface area (Å²) in [7, 11) is 1.71. The van der Waals surface area contributed by atoms with Crippen LogP contribution in [0, 0.1) is 34.5 Å². The number of pyridine rings is 1. The first-order chi connectivity index (χ1) is 16.8. The SMILES string of the molecule is CN1C(=O)C(F)=C[C@]2(C)[C@H]3CC[C@]4(C)[C@@H](CC(=O)Nc5ccc(C(F)(F)F)nc5)CC[C@H]4[C@@H]3CC[C@@H]12. The summed E-state index contributed by atoms with van der Waals surface area (Å²) in [5, 5.41) is 2.72. The number of hydrogen-bond donors (Lipinski definition) is 1. The third kappa shape index (κ3) is 3.93. The van der Waals surface area contributed by atoms with Gasteiger partial charge in [0.25, 0.3) is 5.91 Å². The van der Waals surface area contributed by atoms with Crippen LogP contribution in [-0.4, -0.2) is 34.8 Å². The topological polar surface area (TPSA) is 62.3 Å². The molecule has 3 aliphatic carbocycles. The van der Waals surface area contributed by atoms with Crippen molar-refractivity contribution in [3.8, 4) is 0 Å². The van der Waals surface area contributed by atoms with Gasteiger partial charge in [-0.2, -0.15) is 13.2 Å². The number of nitrogens with one attached hydrogen (secondary N) is 1. The first-order valence-electron chi connectivity index (χ1n) is 12.8. The number of nitrogens with zero attached hydrogens (tertiary/aromatic N) is 2. The Morgan fingerprint density at radius 2 is 1.89 bits per heavy atom. The molecular weight excluding hydrogens is 474 g/mol. The van der Waals surface area contributed by atoms with Gasteiger partial charge in [-0.3, -0.25) is 9.59 Å². The zero-order valence-corrected chi connectivity index (χ0v) is 20.9. The molecule has 1 aromatic rings. The van der Waals surface area contributed by atoms with Crippen LogP contribution >= 0.6 is 0 Å². The lowest BCUT2D eigenvalue weighted by Crippen LogP contribution is -2.60. The lowest BCUT2D eigenvalue weighted by molar-refractivity contribution is -0.142. The van der Waals surface area contributed by atoms with Crippen molar-refractivity contribution in [2.45, 2.75) is 71.0 Å². The van der Waals surface area contributed by atoms with Gasteiger partial charge in [0.15, 0.2) is 5.83 Å². The number of aromatic nitrogens is 1. The molecule has 0 saturated heterocycles. The Balaban J connectivity index is 1.28. The number of carbonyl (C=O) groups is 2. The van der Waals surface area contributed by atoms with Crippen molar-refractivity contribution in [2.75, 3.05) is 12.4 Å². The van der Waals surface area contributed by atoms with Crippen LogP contribution in [0.25, 0.3) is 0 Å². The summed E-state index contributed by atoms with van der Waals surface area (Å²) >= 11 is 0. The highest BCUT2D eigenvalue weighted by molar-refractivity contribution is 5.92. The molecular formula is C27H33F4N3O2. The van der Waals surface area contributed by atoms with Crippen LogP contribution in [-0.2, 0) is 15.8 Å². The van der Waals surface area contributed by atoms with Crippen LogP contribution in [0.4, 0.5) is 23.2 Å². The summed E-state index contributed by atoms with van der Waals surface area (Å²) in [5.74, 6) is -0.0585. The first kappa shape index (κ1) is 25.2. The normalized spacial score (nSPS) is 38.1. The average Bonchev–Trinajstić information content (AvgIpc) is 3.13. The fraction of sp³-hybridized carbons (Fsp3) is 0.667. The third-order valence-electron chi connectivity index (χ3n) is 10.1. The van der Waals surface area contributed by atoms with Crippen molar-refractivity contribution in [3.05, 3.63) is 35.9 Å². The minimum atomic E-state index is -4.52. The number of carbonyl (C=O) groups excluding carboxylic acids is 2. The number of likely N-dealkylation sites (N-methyl/N-ethyl adjacent to an activating group) is 1. The van der Waals surface area contributed by atoms with Crippen molar-refractivity contribution >= 4 is 17.5 Å². The molecule has 5 nitrogen and oxygen atoms in total. The quantitative estimate of drug-likeness (QED) is 0.512. The molecule has 3 saturated carbocycles. The summed E-state index contributed by atoms with van der Waals surface area (Å²) in [6, 6.07) is 2.11. The minimum Gasteiger partial charge on any atom is -0.336 e. The lowest BCUT2D eigenvalue weighted by Gasteiger charge is -2.60. The molecule has 0 unspecified atom stereocenters. The Hall–Kier alpha value is -2.45. The van der Waals surface area contributed by atoms with Crippen LogP contribution in [0.5, 0.6) is 0 Å². The predicted molar refractivity (Wildman–Crippen MR) is 126 cm³/mol. The fourth-order valence-corrected chi connectivity index (χ4v) is 8.35. The Kier molecular flexibility index (Phi) is 5.99. The number of alkyl halides is 3. The van der Waals surface area contributed by atoms with Crippen molar-refractivity contribution in [3.63, 3.8) is 0 Å². The molecule has 1 aromatic heterocycles. The van der Waals surface area contributed by atoms with E-state index in [-0.39, 0.29) is 34.4 Å². The van der Waals surface area contributed by atoms with E-state index in [0.717, 1.165) is 50.8 Å². The standard InChI is InChI=1S/C27H33F4N3O2/c1-25-11-10-19-17(6-9-22-26(19,2)13-20(28)24(36)34(22)3)18(25)7-4-15(25)12-23(35)33-16-5-8-21(32-14-16)27(29,30)31/h5,8,13-15,17-19,22H,4,6-7,9-12H2,1-3H3,(H,33,35)/t15-,17+,18+,19+,22-,25-,26-/m1/s1. The van der Waals surface area contributed by atoms with E-state index in [1.165, 1.54) is 6.07 Å². The first-order valence-corrected chi connectivity index (χ1v) is 12.8. The van der Waals surface area contributed by atoms with Crippen molar-refractivity contribution in [1.29, 1.82) is 0 Å². The molecule has 0 aromatic carbocycles. The molecule has 0 bridgehead atoms. The third-order valence-corrected chi connectivity index (χ3v) is 10.1. The second kappa shape index (κ2) is 8.55. The maximum atomic E-state index is 14.6. The highest BCUT2D eigenvalue weighted by Crippen LogP contribution is 2.66. The lowest BCUT2D eigenvalue weighted by atomic mass is 9.47. The number of hydrogen-bond acceptors (Lipinski definition) is 3. The van der Waals surface area contributed by atoms with E-state index >= 15 is 0 Å². The van der Waals surface area contributed by atoms with Gasteiger partial charge in [-0.25, -0.2) is 9.37 Å². The second-order valence-corrected chi connectivity index (χ2v) is 11.7. The summed E-state index contributed by atoms with van der Waals surface area (Å²) < 4.78 is 52.8. The summed E-state index contributed by atoms with van der Waals surface area (Å²) in [5.41, 5.74) is -1.14. The van der Waals surface area contributed by atoms with E-state index in [1.807, 2.05) is 0 Å². The summed E-state index contributed by atoms with van der Waals surface area (Å²) in [6.07, 6.45) is 4.08. The van der Waals surface area contributed by atoms with Crippen molar-refractivity contribution < 1.29 is 27.2 Å². The average molecular weight is 508 g/mol. The van der Waals surface area contributed by atoms with Gasteiger partial charge in [0.1, 0.15) is 5.69 Å². The monoisotopic (exact) mass is 507 g/mol. The van der Waals surface area contributed by atoms with Gasteiger partial charge in [-0.1, -0.05) is 13.8 Å². The zero-order chi connectivity index (χ0) is 26.0. The van der Waals surface area contributed by atoms with Gasteiger partial charge < -0.3 is 10.2 Å². The van der Waals surface area contributed by atoms with E-state index in [1.54, 1.807) is 18.0 Å². The van der Waals surface area contributed by atoms with E-state index in [0.29, 0.717) is 24.2 Å². The number of amides is 2. The number of rotatable bonds is 3. The predicted octanol–water partition coefficient (Wildman–Crippen LogP) is 5.98. The van der Waals surface area contributed by atoms with Crippen LogP contribution in [0.3, 0.4) is 0 Å². The van der Waals surface area contributed by atoms with E-state index in [9.17, 15) is 27.2 Å². The van der Waals surface area contributed by atoms with E-state index in [2.05, 4.69) is 24.1 Å². The van der Waals surface area contributed by atoms with E-state index < -0.39 is 23.6 Å². The fourth-order valence-electron chi connectivity index (χ4n) is 8.35. The summed E-state index contributed by atoms with van der Waals surface area (Å²) in [6.45, 7) is 4.39. The molecule has 2 amide bonds. The molecule has 1 N–H and O–H groups in total. The smallest absolute Gasteiger partial charge is 0.336 e. The Morgan fingerprint density at radius 3 is 2.56 bits per heavy atom. The molecule has 5 rings (SSSR count). The molecule has 0 radical (unpaired) electrons. The highest BCUT2D eigenvalue weighted by Gasteiger charge is 2.61. The summed E-state index contributed by atoms with van der Waals surface area (Å²) in [4.78, 5) is 30.1. The Labute approximate surface area is 208 Å². The number of fused-ring (bicyclic) bond motifs is 5. The van der Waals surface area contributed by atoms with Gasteiger partial charge in [0.05, 0.1) is 11.9 Å². The van der Waals surface area contributed by atoms with Gasteiger partial charge in [0, 0.05) is 24.9 Å². The molecule has 36 heavy (non-hydrogen) atoms. The van der Waals surface area contributed by atoms with Crippen molar-refractivity contribution in [1.82, 2.24) is 9.88 Å². The molecule has 9 heteroatoms. The van der Waals surface area contributed by atoms with Crippen molar-refractivity contribution in [2.24, 2.45) is 34.5 Å². The molecule has 3 fully saturated rings. The molecule has 4 aliphatic rings. The van der Waals surface area contributed by atoms with E-state index in [4.69, 9.17) is 0 Å². The van der Waals surface area contributed by atoms with Crippen LogP contribution < -0.4 is 5.32 Å². The second-order valence-electron chi connectivity index (χ2n) is 11.7. The maximum absolute atomic E-state index is 14.6. The van der Waals surface area contributed by atoms with Gasteiger partial charge in [0.2, 0.25) is 5.91 Å². The maximum Gasteiger partial charge on any atom is 0.433 e. The Morgan fingerprint density at radius 1 is 1.14 bits per heavy atom. The van der Waals surface area contributed by atoms with Gasteiger partial charge >= 0.3 is 6.18 Å². The van der Waals surface area contributed by atoms with Gasteiger partial charge in [-0.05, 0) is 85.8 Å². The molecule has 2 heterocycles. The number of halogens is 4. The van der Waals surface area contributed by atoms with Gasteiger partial charge in [-0.15, -0.1) is 0 Å². The zero-order valence-electron chi connectivity index (χ0n) is 20.9. The Bertz CT molecular complexity index is 1090. The molecule has 196 valence electrons. The highest BCUT2D eigenvalue weighted by atomic mass is 19.4.